The first-order valence-electron chi connectivity index (χ1n) is 12.3. The second-order valence-electron chi connectivity index (χ2n) is 9.85. The second kappa shape index (κ2) is 10.4. The fourth-order valence-electron chi connectivity index (χ4n) is 5.48. The lowest BCUT2D eigenvalue weighted by Gasteiger charge is -2.51. The minimum Gasteiger partial charge on any atom is -0.454 e. The van der Waals surface area contributed by atoms with Gasteiger partial charge in [0.1, 0.15) is 18.9 Å². The first-order valence-corrected chi connectivity index (χ1v) is 12.7. The lowest BCUT2D eigenvalue weighted by atomic mass is 9.82. The number of para-hydroxylation sites is 1. The van der Waals surface area contributed by atoms with Gasteiger partial charge in [-0.1, -0.05) is 60.1 Å². The number of fused-ring (bicyclic) bond motifs is 3. The van der Waals surface area contributed by atoms with Crippen LogP contribution in [0.25, 0.3) is 0 Å². The van der Waals surface area contributed by atoms with Gasteiger partial charge in [-0.2, -0.15) is 0 Å². The van der Waals surface area contributed by atoms with Crippen molar-refractivity contribution in [2.75, 3.05) is 31.5 Å². The van der Waals surface area contributed by atoms with Crippen LogP contribution in [0.1, 0.15) is 34.8 Å². The summed E-state index contributed by atoms with van der Waals surface area (Å²) in [6.45, 7) is 2.62. The molecule has 0 aromatic heterocycles. The van der Waals surface area contributed by atoms with Gasteiger partial charge in [0.25, 0.3) is 0 Å². The maximum absolute atomic E-state index is 13.6. The van der Waals surface area contributed by atoms with Crippen molar-refractivity contribution >= 4 is 29.0 Å². The number of Topliss-reactive ketones (excluding diaryl/α,β-unsaturated/α-hetero) is 1. The zero-order chi connectivity index (χ0) is 25.1. The number of nitrogens with zero attached hydrogens (tertiary/aromatic N) is 1. The normalized spacial score (nSPS) is 23.6. The summed E-state index contributed by atoms with van der Waals surface area (Å²) in [4.78, 5) is 26.6. The van der Waals surface area contributed by atoms with E-state index in [0.717, 1.165) is 37.2 Å². The summed E-state index contributed by atoms with van der Waals surface area (Å²) in [6, 6.07) is 22.6. The Morgan fingerprint density at radius 2 is 1.67 bits per heavy atom. The van der Waals surface area contributed by atoms with E-state index in [9.17, 15) is 14.0 Å². The van der Waals surface area contributed by atoms with Crippen molar-refractivity contribution < 1.29 is 23.2 Å². The van der Waals surface area contributed by atoms with Gasteiger partial charge in [0.15, 0.2) is 12.1 Å². The average molecular weight is 508 g/mol. The minimum absolute atomic E-state index is 0.0529. The lowest BCUT2D eigenvalue weighted by Crippen LogP contribution is -2.65. The molecule has 0 spiro atoms. The number of hydrogen-bond donors (Lipinski definition) is 1. The zero-order valence-electron chi connectivity index (χ0n) is 19.9. The van der Waals surface area contributed by atoms with Gasteiger partial charge in [-0.05, 0) is 35.9 Å². The maximum Gasteiger partial charge on any atom is 0.333 e. The summed E-state index contributed by atoms with van der Waals surface area (Å²) < 4.78 is 20.3. The summed E-state index contributed by atoms with van der Waals surface area (Å²) in [6.07, 6.45) is 1.54. The standard InChI is InChI=1S/C29H29ClFN2O3/c30-24-17-22(11-12-25(24)31)26(34)18-33-15-13-20(14-16-33)27(19-33)36-29(35)28(21-7-3-1-4-8-21)32-23-9-5-2-6-10-23/h1-12,17,20,27-28,32H,13-16,18-19H2/q+1/t20?,27-,28?,33?/m0/s1. The van der Waals surface area contributed by atoms with Crippen LogP contribution in [0.4, 0.5) is 10.1 Å². The number of esters is 1. The zero-order valence-corrected chi connectivity index (χ0v) is 20.7. The Morgan fingerprint density at radius 1 is 1.00 bits per heavy atom. The Kier molecular flexibility index (Phi) is 7.08. The van der Waals surface area contributed by atoms with E-state index in [1.165, 1.54) is 18.2 Å². The Morgan fingerprint density at radius 3 is 2.33 bits per heavy atom. The predicted molar refractivity (Wildman–Crippen MR) is 137 cm³/mol. The van der Waals surface area contributed by atoms with Crippen molar-refractivity contribution in [1.29, 1.82) is 0 Å². The van der Waals surface area contributed by atoms with Crippen LogP contribution in [-0.2, 0) is 9.53 Å². The molecule has 3 fully saturated rings. The SMILES string of the molecule is O=C(C[N+]12CCC(CC1)[C@@H](OC(=O)C(Nc1ccccc1)c1ccccc1)C2)c1ccc(F)c(Cl)c1. The molecule has 2 bridgehead atoms. The number of anilines is 1. The van der Waals surface area contributed by atoms with Crippen LogP contribution < -0.4 is 5.32 Å². The van der Waals surface area contributed by atoms with Crippen molar-refractivity contribution in [2.24, 2.45) is 5.92 Å². The molecule has 3 aliphatic heterocycles. The van der Waals surface area contributed by atoms with E-state index in [1.807, 2.05) is 60.7 Å². The van der Waals surface area contributed by atoms with E-state index in [2.05, 4.69) is 5.32 Å². The van der Waals surface area contributed by atoms with Gasteiger partial charge in [-0.3, -0.25) is 4.79 Å². The first-order chi connectivity index (χ1) is 17.4. The smallest absolute Gasteiger partial charge is 0.333 e. The van der Waals surface area contributed by atoms with E-state index in [-0.39, 0.29) is 35.3 Å². The van der Waals surface area contributed by atoms with E-state index < -0.39 is 11.9 Å². The third-order valence-electron chi connectivity index (χ3n) is 7.48. The number of piperidine rings is 3. The molecule has 0 aliphatic carbocycles. The monoisotopic (exact) mass is 507 g/mol. The van der Waals surface area contributed by atoms with Crippen molar-refractivity contribution in [3.05, 3.63) is 101 Å². The molecule has 6 rings (SSSR count). The van der Waals surface area contributed by atoms with Crippen LogP contribution in [0.5, 0.6) is 0 Å². The topological polar surface area (TPSA) is 55.4 Å². The molecule has 3 aromatic rings. The molecule has 3 aromatic carbocycles. The van der Waals surface area contributed by atoms with E-state index in [1.54, 1.807) is 0 Å². The fraction of sp³-hybridized carbons (Fsp3) is 0.310. The summed E-state index contributed by atoms with van der Waals surface area (Å²) in [5, 5.41) is 3.27. The fourth-order valence-corrected chi connectivity index (χ4v) is 5.66. The highest BCUT2D eigenvalue weighted by atomic mass is 35.5. The van der Waals surface area contributed by atoms with Gasteiger partial charge >= 0.3 is 5.97 Å². The number of ketones is 1. The molecule has 0 radical (unpaired) electrons. The van der Waals surface area contributed by atoms with Gasteiger partial charge in [0, 0.05) is 30.0 Å². The molecule has 186 valence electrons. The van der Waals surface area contributed by atoms with Crippen LogP contribution in [-0.4, -0.2) is 48.5 Å². The molecule has 3 heterocycles. The van der Waals surface area contributed by atoms with Crippen LogP contribution >= 0.6 is 11.6 Å². The highest BCUT2D eigenvalue weighted by Crippen LogP contribution is 2.37. The molecule has 1 unspecified atom stereocenters. The maximum atomic E-state index is 13.6. The molecule has 0 amide bonds. The van der Waals surface area contributed by atoms with Gasteiger partial charge < -0.3 is 14.5 Å². The van der Waals surface area contributed by atoms with Crippen LogP contribution in [0.15, 0.2) is 78.9 Å². The Labute approximate surface area is 215 Å². The Hall–Kier alpha value is -3.22. The van der Waals surface area contributed by atoms with Crippen molar-refractivity contribution in [1.82, 2.24) is 0 Å². The van der Waals surface area contributed by atoms with Gasteiger partial charge in [-0.25, -0.2) is 9.18 Å². The van der Waals surface area contributed by atoms with Crippen LogP contribution in [0.2, 0.25) is 5.02 Å². The average Bonchev–Trinajstić information content (AvgIpc) is 2.90. The highest BCUT2D eigenvalue weighted by Gasteiger charge is 2.49. The summed E-state index contributed by atoms with van der Waals surface area (Å²) >= 11 is 5.90. The predicted octanol–water partition coefficient (Wildman–Crippen LogP) is 5.67. The third-order valence-corrected chi connectivity index (χ3v) is 7.77. The first kappa shape index (κ1) is 24.5. The number of benzene rings is 3. The number of carbonyl (C=O) groups excluding carboxylic acids is 2. The number of rotatable bonds is 8. The van der Waals surface area contributed by atoms with Gasteiger partial charge in [-0.15, -0.1) is 0 Å². The molecule has 0 saturated carbocycles. The van der Waals surface area contributed by atoms with Gasteiger partial charge in [0.05, 0.1) is 18.1 Å². The van der Waals surface area contributed by atoms with E-state index >= 15 is 0 Å². The number of quaternary nitrogens is 1. The Bertz CT molecular complexity index is 1230. The third kappa shape index (κ3) is 5.30. The quantitative estimate of drug-likeness (QED) is 0.242. The second-order valence-corrected chi connectivity index (χ2v) is 10.3. The van der Waals surface area contributed by atoms with Crippen molar-refractivity contribution in [2.45, 2.75) is 25.0 Å². The molecular formula is C29H29ClFN2O3+. The van der Waals surface area contributed by atoms with Gasteiger partial charge in [0.2, 0.25) is 5.78 Å². The van der Waals surface area contributed by atoms with Crippen molar-refractivity contribution in [3.63, 3.8) is 0 Å². The van der Waals surface area contributed by atoms with Crippen molar-refractivity contribution in [3.8, 4) is 0 Å². The van der Waals surface area contributed by atoms with Crippen LogP contribution in [0.3, 0.4) is 0 Å². The number of carbonyl (C=O) groups is 2. The summed E-state index contributed by atoms with van der Waals surface area (Å²) in [7, 11) is 0. The minimum atomic E-state index is -0.638. The molecule has 3 saturated heterocycles. The Balaban J connectivity index is 1.31. The lowest BCUT2D eigenvalue weighted by molar-refractivity contribution is -0.938. The highest BCUT2D eigenvalue weighted by molar-refractivity contribution is 6.31. The summed E-state index contributed by atoms with van der Waals surface area (Å²) in [5.41, 5.74) is 2.08. The molecular weight excluding hydrogens is 479 g/mol. The largest absolute Gasteiger partial charge is 0.454 e. The number of halogens is 2. The van der Waals surface area contributed by atoms with Crippen LogP contribution in [0, 0.1) is 11.7 Å². The molecule has 7 heteroatoms. The summed E-state index contributed by atoms with van der Waals surface area (Å²) in [5.74, 6) is -0.644. The number of hydrogen-bond acceptors (Lipinski definition) is 4. The molecule has 1 N–H and O–H groups in total. The van der Waals surface area contributed by atoms with E-state index in [0.29, 0.717) is 16.6 Å². The molecule has 5 nitrogen and oxygen atoms in total. The molecule has 36 heavy (non-hydrogen) atoms. The van der Waals surface area contributed by atoms with E-state index in [4.69, 9.17) is 16.3 Å². The number of ether oxygens (including phenoxy) is 1. The molecule has 3 aliphatic rings. The molecule has 2 atom stereocenters. The number of nitrogens with one attached hydrogen (secondary N) is 1.